The molecule has 8 heteroatoms. The van der Waals surface area contributed by atoms with Gasteiger partial charge in [-0.25, -0.2) is 0 Å². The van der Waals surface area contributed by atoms with E-state index >= 15 is 0 Å². The number of benzene rings is 3. The topological polar surface area (TPSA) is 78.3 Å². The lowest BCUT2D eigenvalue weighted by Gasteiger charge is -2.10. The van der Waals surface area contributed by atoms with Gasteiger partial charge in [-0.05, 0) is 55.0 Å². The van der Waals surface area contributed by atoms with Crippen LogP contribution in [0.1, 0.15) is 15.9 Å². The fraction of sp³-hybridized carbons (Fsp3) is 0.136. The van der Waals surface area contributed by atoms with Gasteiger partial charge in [-0.2, -0.15) is 4.80 Å². The van der Waals surface area contributed by atoms with Crippen LogP contribution in [0.2, 0.25) is 5.02 Å². The fourth-order valence-electron chi connectivity index (χ4n) is 3.00. The Morgan fingerprint density at radius 3 is 2.50 bits per heavy atom. The average molecular weight is 423 g/mol. The molecule has 0 unspecified atom stereocenters. The number of nitrogens with one attached hydrogen (secondary N) is 1. The smallest absolute Gasteiger partial charge is 0.259 e. The second-order valence-electron chi connectivity index (χ2n) is 6.65. The van der Waals surface area contributed by atoms with Gasteiger partial charge in [0, 0.05) is 16.8 Å². The van der Waals surface area contributed by atoms with Gasteiger partial charge in [0.05, 0.1) is 25.5 Å². The molecule has 7 nitrogen and oxygen atoms in total. The highest BCUT2D eigenvalue weighted by molar-refractivity contribution is 6.31. The predicted octanol–water partition coefficient (Wildman–Crippen LogP) is 4.65. The van der Waals surface area contributed by atoms with Crippen molar-refractivity contribution in [3.63, 3.8) is 0 Å². The van der Waals surface area contributed by atoms with Crippen LogP contribution in [-0.4, -0.2) is 35.1 Å². The van der Waals surface area contributed by atoms with E-state index < -0.39 is 0 Å². The summed E-state index contributed by atoms with van der Waals surface area (Å²) in [5, 5.41) is 12.5. The highest BCUT2D eigenvalue weighted by atomic mass is 35.5. The molecular weight excluding hydrogens is 404 g/mol. The largest absolute Gasteiger partial charge is 0.497 e. The molecule has 0 saturated carbocycles. The normalized spacial score (nSPS) is 10.8. The maximum absolute atomic E-state index is 12.7. The Bertz CT molecular complexity index is 1250. The molecule has 0 fully saturated rings. The van der Waals surface area contributed by atoms with Gasteiger partial charge in [-0.15, -0.1) is 10.2 Å². The van der Waals surface area contributed by atoms with Gasteiger partial charge in [0.15, 0.2) is 0 Å². The van der Waals surface area contributed by atoms with Crippen LogP contribution in [0.4, 0.5) is 5.69 Å². The van der Waals surface area contributed by atoms with Crippen LogP contribution in [0.15, 0.2) is 54.6 Å². The summed E-state index contributed by atoms with van der Waals surface area (Å²) < 4.78 is 10.5. The van der Waals surface area contributed by atoms with Crippen molar-refractivity contribution in [2.75, 3.05) is 19.5 Å². The second-order valence-corrected chi connectivity index (χ2v) is 7.05. The van der Waals surface area contributed by atoms with Gasteiger partial charge in [-0.1, -0.05) is 17.7 Å². The molecule has 1 N–H and O–H groups in total. The minimum atomic E-state index is -0.299. The highest BCUT2D eigenvalue weighted by Crippen LogP contribution is 2.26. The summed E-state index contributed by atoms with van der Waals surface area (Å²) >= 11 is 6.21. The van der Waals surface area contributed by atoms with Gasteiger partial charge in [0.25, 0.3) is 5.91 Å². The number of carbonyl (C=O) groups is 1. The number of anilines is 1. The molecule has 0 aliphatic rings. The number of nitrogens with zero attached hydrogens (tertiary/aromatic N) is 3. The summed E-state index contributed by atoms with van der Waals surface area (Å²) in [5.41, 5.74) is 4.08. The third-order valence-electron chi connectivity index (χ3n) is 4.68. The standard InChI is InChI=1S/C22H19ClN4O3/c1-13-4-6-15(11-18(13)23)27-25-19-9-5-14(10-20(19)26-27)24-22(28)17-8-7-16(29-2)12-21(17)30-3/h4-12H,1-3H3,(H,24,28). The summed E-state index contributed by atoms with van der Waals surface area (Å²) in [6.07, 6.45) is 0. The number of amides is 1. The zero-order valence-corrected chi connectivity index (χ0v) is 17.4. The van der Waals surface area contributed by atoms with Gasteiger partial charge in [-0.3, -0.25) is 4.79 Å². The quantitative estimate of drug-likeness (QED) is 0.506. The number of rotatable bonds is 5. The van der Waals surface area contributed by atoms with Gasteiger partial charge < -0.3 is 14.8 Å². The number of hydrogen-bond donors (Lipinski definition) is 1. The Kier molecular flexibility index (Phi) is 5.29. The van der Waals surface area contributed by atoms with Crippen molar-refractivity contribution >= 4 is 34.2 Å². The summed E-state index contributed by atoms with van der Waals surface area (Å²) in [6.45, 7) is 1.94. The van der Waals surface area contributed by atoms with Crippen molar-refractivity contribution < 1.29 is 14.3 Å². The summed E-state index contributed by atoms with van der Waals surface area (Å²) in [5.74, 6) is 0.735. The third-order valence-corrected chi connectivity index (χ3v) is 5.09. The van der Waals surface area contributed by atoms with Crippen LogP contribution in [0.5, 0.6) is 11.5 Å². The molecule has 0 aliphatic carbocycles. The van der Waals surface area contributed by atoms with E-state index in [1.54, 1.807) is 43.5 Å². The van der Waals surface area contributed by atoms with E-state index in [9.17, 15) is 4.79 Å². The lowest BCUT2D eigenvalue weighted by Crippen LogP contribution is -2.13. The molecule has 152 valence electrons. The molecule has 3 aromatic carbocycles. The molecule has 0 spiro atoms. The second kappa shape index (κ2) is 8.04. The molecule has 4 rings (SSSR count). The third kappa shape index (κ3) is 3.79. The number of fused-ring (bicyclic) bond motifs is 1. The first-order chi connectivity index (χ1) is 14.5. The maximum Gasteiger partial charge on any atom is 0.259 e. The number of aryl methyl sites for hydroxylation is 1. The molecule has 1 heterocycles. The van der Waals surface area contributed by atoms with E-state index in [2.05, 4.69) is 15.5 Å². The van der Waals surface area contributed by atoms with Crippen LogP contribution in [0.3, 0.4) is 0 Å². The average Bonchev–Trinajstić information content (AvgIpc) is 3.18. The minimum absolute atomic E-state index is 0.299. The maximum atomic E-state index is 12.7. The van der Waals surface area contributed by atoms with Crippen molar-refractivity contribution in [2.24, 2.45) is 0 Å². The zero-order valence-electron chi connectivity index (χ0n) is 16.6. The minimum Gasteiger partial charge on any atom is -0.497 e. The number of methoxy groups -OCH3 is 2. The van der Waals surface area contributed by atoms with Crippen molar-refractivity contribution in [3.05, 3.63) is 70.7 Å². The van der Waals surface area contributed by atoms with Crippen LogP contribution in [0, 0.1) is 6.92 Å². The number of aromatic nitrogens is 3. The predicted molar refractivity (Wildman–Crippen MR) is 116 cm³/mol. The van der Waals surface area contributed by atoms with E-state index in [1.807, 2.05) is 25.1 Å². The number of ether oxygens (including phenoxy) is 2. The first-order valence-corrected chi connectivity index (χ1v) is 9.53. The molecule has 4 aromatic rings. The monoisotopic (exact) mass is 422 g/mol. The molecule has 0 bridgehead atoms. The van der Waals surface area contributed by atoms with Gasteiger partial charge >= 0.3 is 0 Å². The van der Waals surface area contributed by atoms with E-state index in [1.165, 1.54) is 11.9 Å². The van der Waals surface area contributed by atoms with Crippen LogP contribution in [-0.2, 0) is 0 Å². The SMILES string of the molecule is COc1ccc(C(=O)Nc2ccc3nn(-c4ccc(C)c(Cl)c4)nc3c2)c(OC)c1. The van der Waals surface area contributed by atoms with E-state index in [-0.39, 0.29) is 5.91 Å². The van der Waals surface area contributed by atoms with Crippen molar-refractivity contribution in [1.82, 2.24) is 15.0 Å². The van der Waals surface area contributed by atoms with Crippen molar-refractivity contribution in [3.8, 4) is 17.2 Å². The highest BCUT2D eigenvalue weighted by Gasteiger charge is 2.14. The summed E-state index contributed by atoms with van der Waals surface area (Å²) in [6, 6.07) is 16.0. The van der Waals surface area contributed by atoms with Crippen LogP contribution >= 0.6 is 11.6 Å². The molecule has 1 aromatic heterocycles. The lowest BCUT2D eigenvalue weighted by molar-refractivity contribution is 0.102. The Hall–Kier alpha value is -3.58. The molecule has 0 aliphatic heterocycles. The molecule has 30 heavy (non-hydrogen) atoms. The first-order valence-electron chi connectivity index (χ1n) is 9.15. The van der Waals surface area contributed by atoms with E-state index in [0.717, 1.165) is 11.3 Å². The molecular formula is C22H19ClN4O3. The summed E-state index contributed by atoms with van der Waals surface area (Å²) in [4.78, 5) is 14.3. The Balaban J connectivity index is 1.61. The van der Waals surface area contributed by atoms with E-state index in [0.29, 0.717) is 38.8 Å². The number of halogens is 1. The Morgan fingerprint density at radius 1 is 0.967 bits per heavy atom. The Labute approximate surface area is 178 Å². The van der Waals surface area contributed by atoms with E-state index in [4.69, 9.17) is 21.1 Å². The van der Waals surface area contributed by atoms with Crippen LogP contribution < -0.4 is 14.8 Å². The fourth-order valence-corrected chi connectivity index (χ4v) is 3.17. The number of hydrogen-bond acceptors (Lipinski definition) is 5. The lowest BCUT2D eigenvalue weighted by atomic mass is 10.1. The van der Waals surface area contributed by atoms with Gasteiger partial charge in [0.2, 0.25) is 0 Å². The molecule has 0 atom stereocenters. The molecule has 0 radical (unpaired) electrons. The molecule has 1 amide bonds. The van der Waals surface area contributed by atoms with Crippen LogP contribution in [0.25, 0.3) is 16.7 Å². The first kappa shape index (κ1) is 19.7. The van der Waals surface area contributed by atoms with Crippen molar-refractivity contribution in [1.29, 1.82) is 0 Å². The van der Waals surface area contributed by atoms with Crippen molar-refractivity contribution in [2.45, 2.75) is 6.92 Å². The molecule has 0 saturated heterocycles. The number of carbonyl (C=O) groups excluding carboxylic acids is 1. The summed E-state index contributed by atoms with van der Waals surface area (Å²) in [7, 11) is 3.06. The zero-order chi connectivity index (χ0) is 21.3. The Morgan fingerprint density at radius 2 is 1.77 bits per heavy atom. The van der Waals surface area contributed by atoms with Gasteiger partial charge in [0.1, 0.15) is 22.5 Å².